The predicted octanol–water partition coefficient (Wildman–Crippen LogP) is 1.87. The van der Waals surface area contributed by atoms with E-state index in [0.29, 0.717) is 0 Å². The molecule has 0 saturated carbocycles. The summed E-state index contributed by atoms with van der Waals surface area (Å²) in [4.78, 5) is -0.471. The van der Waals surface area contributed by atoms with Crippen LogP contribution in [0.5, 0.6) is 0 Å². The molecule has 2 N–H and O–H groups in total. The van der Waals surface area contributed by atoms with Crippen molar-refractivity contribution in [1.82, 2.24) is 0 Å². The number of hydrogen-bond donors (Lipinski definition) is 2. The highest BCUT2D eigenvalue weighted by molar-refractivity contribution is 7.91. The number of halogens is 2. The van der Waals surface area contributed by atoms with Crippen LogP contribution in [0.15, 0.2) is 29.2 Å². The van der Waals surface area contributed by atoms with E-state index in [1.807, 2.05) is 0 Å². The van der Waals surface area contributed by atoms with Crippen LogP contribution in [0.2, 0.25) is 0 Å². The lowest BCUT2D eigenvalue weighted by atomic mass is 10.1. The van der Waals surface area contributed by atoms with Gasteiger partial charge in [0.25, 0.3) is 0 Å². The molecular weight excluding hydrogens is 264 g/mol. The number of rotatable bonds is 5. The SMILES string of the molecule is CC(C)(CO)Nc1ccccc1S(=O)(=O)C(F)F. The Labute approximate surface area is 105 Å². The molecule has 0 radical (unpaired) electrons. The van der Waals surface area contributed by atoms with Crippen molar-refractivity contribution in [3.8, 4) is 0 Å². The number of anilines is 1. The maximum absolute atomic E-state index is 12.5. The quantitative estimate of drug-likeness (QED) is 0.863. The predicted molar refractivity (Wildman–Crippen MR) is 64.4 cm³/mol. The Balaban J connectivity index is 3.24. The van der Waals surface area contributed by atoms with Crippen LogP contribution in [0.25, 0.3) is 0 Å². The third-order valence-electron chi connectivity index (χ3n) is 2.30. The van der Waals surface area contributed by atoms with E-state index in [2.05, 4.69) is 5.32 Å². The van der Waals surface area contributed by atoms with Gasteiger partial charge in [-0.3, -0.25) is 0 Å². The Morgan fingerprint density at radius 2 is 1.89 bits per heavy atom. The molecule has 0 bridgehead atoms. The molecule has 0 aliphatic heterocycles. The molecule has 0 unspecified atom stereocenters. The molecule has 0 heterocycles. The molecule has 102 valence electrons. The lowest BCUT2D eigenvalue weighted by molar-refractivity contribution is 0.232. The third kappa shape index (κ3) is 3.17. The van der Waals surface area contributed by atoms with Crippen molar-refractivity contribution in [2.75, 3.05) is 11.9 Å². The average molecular weight is 279 g/mol. The topological polar surface area (TPSA) is 66.4 Å². The molecule has 0 atom stereocenters. The van der Waals surface area contributed by atoms with Crippen molar-refractivity contribution in [3.63, 3.8) is 0 Å². The first-order valence-corrected chi connectivity index (χ1v) is 6.75. The zero-order valence-electron chi connectivity index (χ0n) is 10.0. The Kier molecular flexibility index (Phi) is 4.28. The highest BCUT2D eigenvalue weighted by atomic mass is 32.2. The number of sulfone groups is 1. The highest BCUT2D eigenvalue weighted by Crippen LogP contribution is 2.28. The van der Waals surface area contributed by atoms with Crippen molar-refractivity contribution < 1.29 is 22.3 Å². The van der Waals surface area contributed by atoms with Gasteiger partial charge in [0.1, 0.15) is 0 Å². The number of para-hydroxylation sites is 1. The van der Waals surface area contributed by atoms with E-state index in [0.717, 1.165) is 6.07 Å². The standard InChI is InChI=1S/C11H15F2NO3S/c1-11(2,7-15)14-8-5-3-4-6-9(8)18(16,17)10(12)13/h3-6,10,14-15H,7H2,1-2H3. The van der Waals surface area contributed by atoms with Crippen LogP contribution < -0.4 is 5.32 Å². The normalized spacial score (nSPS) is 12.8. The number of hydrogen-bond acceptors (Lipinski definition) is 4. The monoisotopic (exact) mass is 279 g/mol. The summed E-state index contributed by atoms with van der Waals surface area (Å²) in [5.74, 6) is -3.47. The first-order chi connectivity index (χ1) is 8.20. The van der Waals surface area contributed by atoms with Crippen molar-refractivity contribution in [1.29, 1.82) is 0 Å². The Morgan fingerprint density at radius 1 is 1.33 bits per heavy atom. The molecular formula is C11H15F2NO3S. The van der Waals surface area contributed by atoms with Crippen LogP contribution >= 0.6 is 0 Å². The second-order valence-electron chi connectivity index (χ2n) is 4.47. The van der Waals surface area contributed by atoms with Gasteiger partial charge in [0.15, 0.2) is 0 Å². The summed E-state index contributed by atoms with van der Waals surface area (Å²) in [5.41, 5.74) is -0.759. The van der Waals surface area contributed by atoms with E-state index >= 15 is 0 Å². The van der Waals surface area contributed by atoms with Crippen molar-refractivity contribution in [2.45, 2.75) is 30.0 Å². The zero-order chi connectivity index (χ0) is 14.0. The Bertz CT molecular complexity index is 515. The van der Waals surface area contributed by atoms with Gasteiger partial charge in [0.05, 0.1) is 22.7 Å². The first-order valence-electron chi connectivity index (χ1n) is 5.21. The summed E-state index contributed by atoms with van der Waals surface area (Å²) in [6, 6.07) is 5.39. The van der Waals surface area contributed by atoms with Crippen molar-refractivity contribution >= 4 is 15.5 Å². The smallest absolute Gasteiger partial charge is 0.341 e. The second-order valence-corrected chi connectivity index (χ2v) is 6.36. The molecule has 1 aromatic carbocycles. The molecule has 0 spiro atoms. The third-order valence-corrected chi connectivity index (χ3v) is 3.73. The number of benzene rings is 1. The fourth-order valence-electron chi connectivity index (χ4n) is 1.32. The van der Waals surface area contributed by atoms with Crippen LogP contribution in [0, 0.1) is 0 Å². The minimum atomic E-state index is -4.67. The lowest BCUT2D eigenvalue weighted by Crippen LogP contribution is -2.35. The van der Waals surface area contributed by atoms with Crippen LogP contribution in [0.3, 0.4) is 0 Å². The van der Waals surface area contributed by atoms with Gasteiger partial charge in [-0.05, 0) is 26.0 Å². The summed E-state index contributed by atoms with van der Waals surface area (Å²) < 4.78 is 48.0. The van der Waals surface area contributed by atoms with Gasteiger partial charge in [-0.1, -0.05) is 12.1 Å². The van der Waals surface area contributed by atoms with E-state index in [9.17, 15) is 17.2 Å². The van der Waals surface area contributed by atoms with E-state index in [-0.39, 0.29) is 12.3 Å². The molecule has 4 nitrogen and oxygen atoms in total. The van der Waals surface area contributed by atoms with Gasteiger partial charge in [-0.25, -0.2) is 8.42 Å². The van der Waals surface area contributed by atoms with E-state index in [1.165, 1.54) is 18.2 Å². The van der Waals surface area contributed by atoms with Crippen LogP contribution in [0.1, 0.15) is 13.8 Å². The Hall–Kier alpha value is -1.21. The number of alkyl halides is 2. The fraction of sp³-hybridized carbons (Fsp3) is 0.455. The summed E-state index contributed by atoms with van der Waals surface area (Å²) in [5, 5.41) is 11.8. The van der Waals surface area contributed by atoms with Gasteiger partial charge >= 0.3 is 5.76 Å². The van der Waals surface area contributed by atoms with Gasteiger partial charge in [-0.2, -0.15) is 8.78 Å². The molecule has 0 saturated heterocycles. The largest absolute Gasteiger partial charge is 0.394 e. The minimum absolute atomic E-state index is 0.0526. The molecule has 0 aromatic heterocycles. The minimum Gasteiger partial charge on any atom is -0.394 e. The highest BCUT2D eigenvalue weighted by Gasteiger charge is 2.30. The van der Waals surface area contributed by atoms with Gasteiger partial charge in [-0.15, -0.1) is 0 Å². The molecule has 0 fully saturated rings. The molecule has 0 aliphatic rings. The first kappa shape index (κ1) is 14.8. The van der Waals surface area contributed by atoms with Gasteiger partial charge < -0.3 is 10.4 Å². The molecule has 1 aromatic rings. The van der Waals surface area contributed by atoms with Crippen LogP contribution in [-0.4, -0.2) is 31.4 Å². The van der Waals surface area contributed by atoms with Gasteiger partial charge in [0.2, 0.25) is 9.84 Å². The zero-order valence-corrected chi connectivity index (χ0v) is 10.8. The van der Waals surface area contributed by atoms with Crippen LogP contribution in [-0.2, 0) is 9.84 Å². The summed E-state index contributed by atoms with van der Waals surface area (Å²) in [6.45, 7) is 2.98. The molecule has 0 amide bonds. The van der Waals surface area contributed by atoms with Crippen molar-refractivity contribution in [3.05, 3.63) is 24.3 Å². The van der Waals surface area contributed by atoms with Crippen molar-refractivity contribution in [2.24, 2.45) is 0 Å². The lowest BCUT2D eigenvalue weighted by Gasteiger charge is -2.26. The maximum Gasteiger partial charge on any atom is 0.341 e. The van der Waals surface area contributed by atoms with E-state index in [4.69, 9.17) is 5.11 Å². The molecule has 18 heavy (non-hydrogen) atoms. The van der Waals surface area contributed by atoms with Crippen LogP contribution in [0.4, 0.5) is 14.5 Å². The fourth-order valence-corrected chi connectivity index (χ4v) is 2.20. The number of aliphatic hydroxyl groups excluding tert-OH is 1. The van der Waals surface area contributed by atoms with E-state index < -0.39 is 26.0 Å². The number of aliphatic hydroxyl groups is 1. The molecule has 1 rings (SSSR count). The second kappa shape index (κ2) is 5.19. The Morgan fingerprint density at radius 3 is 2.39 bits per heavy atom. The molecule has 7 heteroatoms. The maximum atomic E-state index is 12.5. The number of nitrogens with one attached hydrogen (secondary N) is 1. The van der Waals surface area contributed by atoms with Gasteiger partial charge in [0, 0.05) is 0 Å². The average Bonchev–Trinajstić information content (AvgIpc) is 2.29. The summed E-state index contributed by atoms with van der Waals surface area (Å²) in [6.07, 6.45) is 0. The van der Waals surface area contributed by atoms with E-state index in [1.54, 1.807) is 13.8 Å². The summed E-state index contributed by atoms with van der Waals surface area (Å²) in [7, 11) is -4.67. The molecule has 0 aliphatic carbocycles. The summed E-state index contributed by atoms with van der Waals surface area (Å²) >= 11 is 0.